The quantitative estimate of drug-likeness (QED) is 0.623. The van der Waals surface area contributed by atoms with Crippen LogP contribution in [0, 0.1) is 11.8 Å². The van der Waals surface area contributed by atoms with Gasteiger partial charge >= 0.3 is 5.97 Å². The Balaban J connectivity index is 1.90. The molecule has 0 amide bonds. The van der Waals surface area contributed by atoms with E-state index in [1.807, 2.05) is 0 Å². The second kappa shape index (κ2) is 6.75. The molecule has 2 rings (SSSR count). The summed E-state index contributed by atoms with van der Waals surface area (Å²) in [5.74, 6) is 1.08. The molecule has 0 N–H and O–H groups in total. The van der Waals surface area contributed by atoms with Crippen LogP contribution in [0.3, 0.4) is 0 Å². The van der Waals surface area contributed by atoms with E-state index >= 15 is 0 Å². The Kier molecular flexibility index (Phi) is 5.01. The number of hydrogen-bond donors (Lipinski definition) is 0. The van der Waals surface area contributed by atoms with E-state index in [9.17, 15) is 4.79 Å². The summed E-state index contributed by atoms with van der Waals surface area (Å²) >= 11 is 0. The SMILES string of the molecule is COc1ccc(C(=O)OOC2C(C)CCCC2C)cc1. The van der Waals surface area contributed by atoms with Crippen LogP contribution in [0.15, 0.2) is 24.3 Å². The summed E-state index contributed by atoms with van der Waals surface area (Å²) in [4.78, 5) is 22.3. The van der Waals surface area contributed by atoms with Crippen LogP contribution in [-0.2, 0) is 9.78 Å². The first kappa shape index (κ1) is 14.9. The van der Waals surface area contributed by atoms with Crippen LogP contribution in [0.2, 0.25) is 0 Å². The van der Waals surface area contributed by atoms with Gasteiger partial charge < -0.3 is 4.74 Å². The van der Waals surface area contributed by atoms with Gasteiger partial charge in [-0.2, -0.15) is 4.89 Å². The van der Waals surface area contributed by atoms with Gasteiger partial charge in [0.2, 0.25) is 0 Å². The molecule has 1 aliphatic rings. The Hall–Kier alpha value is -1.55. The van der Waals surface area contributed by atoms with Crippen molar-refractivity contribution in [3.05, 3.63) is 29.8 Å². The van der Waals surface area contributed by atoms with E-state index in [4.69, 9.17) is 14.5 Å². The highest BCUT2D eigenvalue weighted by atomic mass is 17.2. The lowest BCUT2D eigenvalue weighted by Crippen LogP contribution is -2.33. The fourth-order valence-corrected chi connectivity index (χ4v) is 2.72. The molecule has 1 aliphatic carbocycles. The third kappa shape index (κ3) is 3.51. The lowest BCUT2D eigenvalue weighted by Gasteiger charge is -2.32. The predicted octanol–water partition coefficient (Wildman–Crippen LogP) is 3.61. The minimum Gasteiger partial charge on any atom is -0.497 e. The van der Waals surface area contributed by atoms with Crippen molar-refractivity contribution in [2.24, 2.45) is 11.8 Å². The number of ether oxygens (including phenoxy) is 1. The third-order valence-corrected chi connectivity index (χ3v) is 4.00. The van der Waals surface area contributed by atoms with Gasteiger partial charge in [0.15, 0.2) is 0 Å². The van der Waals surface area contributed by atoms with Crippen LogP contribution >= 0.6 is 0 Å². The molecule has 1 fully saturated rings. The summed E-state index contributed by atoms with van der Waals surface area (Å²) in [6.45, 7) is 4.28. The van der Waals surface area contributed by atoms with E-state index in [0.717, 1.165) is 12.8 Å². The fraction of sp³-hybridized carbons (Fsp3) is 0.562. The number of methoxy groups -OCH3 is 1. The Bertz CT molecular complexity index is 430. The fourth-order valence-electron chi connectivity index (χ4n) is 2.72. The van der Waals surface area contributed by atoms with E-state index in [1.54, 1.807) is 31.4 Å². The van der Waals surface area contributed by atoms with Crippen molar-refractivity contribution in [2.45, 2.75) is 39.2 Å². The lowest BCUT2D eigenvalue weighted by molar-refractivity contribution is -0.299. The first-order chi connectivity index (χ1) is 9.61. The Morgan fingerprint density at radius 1 is 1.10 bits per heavy atom. The van der Waals surface area contributed by atoms with E-state index in [-0.39, 0.29) is 6.10 Å². The molecule has 1 aromatic rings. The first-order valence-electron chi connectivity index (χ1n) is 7.13. The molecule has 4 heteroatoms. The van der Waals surface area contributed by atoms with Gasteiger partial charge in [-0.3, -0.25) is 4.89 Å². The summed E-state index contributed by atoms with van der Waals surface area (Å²) in [5.41, 5.74) is 0.460. The van der Waals surface area contributed by atoms with Gasteiger partial charge in [0.1, 0.15) is 11.9 Å². The highest BCUT2D eigenvalue weighted by Gasteiger charge is 2.30. The van der Waals surface area contributed by atoms with Crippen molar-refractivity contribution in [3.8, 4) is 5.75 Å². The van der Waals surface area contributed by atoms with E-state index < -0.39 is 5.97 Å². The summed E-state index contributed by atoms with van der Waals surface area (Å²) in [5, 5.41) is 0. The second-order valence-corrected chi connectivity index (χ2v) is 5.55. The van der Waals surface area contributed by atoms with Gasteiger partial charge in [-0.1, -0.05) is 20.3 Å². The summed E-state index contributed by atoms with van der Waals surface area (Å²) in [6, 6.07) is 6.78. The normalized spacial score (nSPS) is 26.1. The summed E-state index contributed by atoms with van der Waals surface area (Å²) in [6.07, 6.45) is 3.45. The van der Waals surface area contributed by atoms with E-state index in [1.165, 1.54) is 6.42 Å². The van der Waals surface area contributed by atoms with Crippen LogP contribution in [0.1, 0.15) is 43.5 Å². The highest BCUT2D eigenvalue weighted by Crippen LogP contribution is 2.31. The second-order valence-electron chi connectivity index (χ2n) is 5.55. The molecule has 1 aromatic carbocycles. The van der Waals surface area contributed by atoms with Crippen molar-refractivity contribution < 1.29 is 19.3 Å². The topological polar surface area (TPSA) is 44.8 Å². The van der Waals surface area contributed by atoms with Gasteiger partial charge in [-0.25, -0.2) is 4.79 Å². The first-order valence-corrected chi connectivity index (χ1v) is 7.13. The van der Waals surface area contributed by atoms with Crippen molar-refractivity contribution in [3.63, 3.8) is 0 Å². The molecule has 0 aliphatic heterocycles. The van der Waals surface area contributed by atoms with Crippen LogP contribution < -0.4 is 4.74 Å². The average molecular weight is 278 g/mol. The zero-order valence-corrected chi connectivity index (χ0v) is 12.3. The summed E-state index contributed by atoms with van der Waals surface area (Å²) < 4.78 is 5.05. The lowest BCUT2D eigenvalue weighted by atomic mass is 9.81. The van der Waals surface area contributed by atoms with Gasteiger partial charge in [-0.15, -0.1) is 0 Å². The molecule has 4 nitrogen and oxygen atoms in total. The van der Waals surface area contributed by atoms with Crippen LogP contribution in [0.5, 0.6) is 5.75 Å². The maximum atomic E-state index is 11.9. The van der Waals surface area contributed by atoms with Crippen LogP contribution in [0.25, 0.3) is 0 Å². The molecule has 0 heterocycles. The van der Waals surface area contributed by atoms with Crippen LogP contribution in [0.4, 0.5) is 0 Å². The smallest absolute Gasteiger partial charge is 0.373 e. The minimum absolute atomic E-state index is 0.00838. The van der Waals surface area contributed by atoms with Crippen molar-refractivity contribution in [1.29, 1.82) is 0 Å². The average Bonchev–Trinajstić information content (AvgIpc) is 2.46. The Morgan fingerprint density at radius 2 is 1.70 bits per heavy atom. The molecule has 0 aromatic heterocycles. The third-order valence-electron chi connectivity index (χ3n) is 4.00. The van der Waals surface area contributed by atoms with Crippen LogP contribution in [-0.4, -0.2) is 19.2 Å². The standard InChI is InChI=1S/C16H22O4/c1-11-5-4-6-12(2)15(11)19-20-16(17)13-7-9-14(18-3)10-8-13/h7-12,15H,4-6H2,1-3H3. The molecular weight excluding hydrogens is 256 g/mol. The summed E-state index contributed by atoms with van der Waals surface area (Å²) in [7, 11) is 1.59. The predicted molar refractivity (Wildman–Crippen MR) is 75.5 cm³/mol. The number of benzene rings is 1. The van der Waals surface area contributed by atoms with Gasteiger partial charge in [0.25, 0.3) is 0 Å². The van der Waals surface area contributed by atoms with Gasteiger partial charge in [0.05, 0.1) is 12.7 Å². The van der Waals surface area contributed by atoms with Gasteiger partial charge in [-0.05, 0) is 48.9 Å². The van der Waals surface area contributed by atoms with E-state index in [2.05, 4.69) is 13.8 Å². The highest BCUT2D eigenvalue weighted by molar-refractivity contribution is 5.89. The molecule has 0 spiro atoms. The molecule has 0 saturated heterocycles. The Morgan fingerprint density at radius 3 is 2.25 bits per heavy atom. The van der Waals surface area contributed by atoms with E-state index in [0.29, 0.717) is 23.1 Å². The number of hydrogen-bond acceptors (Lipinski definition) is 4. The number of carbonyl (C=O) groups excluding carboxylic acids is 1. The molecule has 2 unspecified atom stereocenters. The van der Waals surface area contributed by atoms with Crippen molar-refractivity contribution >= 4 is 5.97 Å². The minimum atomic E-state index is -0.461. The Labute approximate surface area is 120 Å². The number of rotatable bonds is 4. The number of carbonyl (C=O) groups is 1. The maximum absolute atomic E-state index is 11.9. The van der Waals surface area contributed by atoms with Crippen molar-refractivity contribution in [1.82, 2.24) is 0 Å². The molecule has 20 heavy (non-hydrogen) atoms. The molecule has 0 radical (unpaired) electrons. The molecule has 0 bridgehead atoms. The zero-order valence-electron chi connectivity index (χ0n) is 12.3. The zero-order chi connectivity index (χ0) is 14.5. The maximum Gasteiger partial charge on any atom is 0.373 e. The van der Waals surface area contributed by atoms with Crippen molar-refractivity contribution in [2.75, 3.05) is 7.11 Å². The largest absolute Gasteiger partial charge is 0.497 e. The monoisotopic (exact) mass is 278 g/mol. The molecule has 2 atom stereocenters. The molecule has 110 valence electrons. The molecular formula is C16H22O4. The van der Waals surface area contributed by atoms with Gasteiger partial charge in [0, 0.05) is 0 Å². The molecule has 1 saturated carbocycles.